The van der Waals surface area contributed by atoms with E-state index < -0.39 is 0 Å². The molecular formula is C26H22N4O2S. The van der Waals surface area contributed by atoms with E-state index in [1.54, 1.807) is 28.3 Å². The van der Waals surface area contributed by atoms with Crippen molar-refractivity contribution >= 4 is 33.6 Å². The number of thioether (sulfide) groups is 1. The summed E-state index contributed by atoms with van der Waals surface area (Å²) in [7, 11) is 1.73. The Hall–Kier alpha value is -3.71. The third-order valence-corrected chi connectivity index (χ3v) is 6.70. The molecule has 0 fully saturated rings. The SMILES string of the molecule is CCc1ccccc1-n1c(SCc2nc3ccccc3c(=O)n2C)nc2ccccc2c1=O. The molecular weight excluding hydrogens is 432 g/mol. The molecule has 2 aromatic heterocycles. The molecule has 0 saturated heterocycles. The van der Waals surface area contributed by atoms with Crippen molar-refractivity contribution in [1.29, 1.82) is 0 Å². The summed E-state index contributed by atoms with van der Waals surface area (Å²) in [6.07, 6.45) is 0.792. The van der Waals surface area contributed by atoms with E-state index in [2.05, 4.69) is 6.92 Å². The zero-order chi connectivity index (χ0) is 22.9. The fourth-order valence-corrected chi connectivity index (χ4v) is 4.96. The number of benzene rings is 3. The molecule has 2 heterocycles. The highest BCUT2D eigenvalue weighted by Crippen LogP contribution is 2.26. The first-order chi connectivity index (χ1) is 16.1. The summed E-state index contributed by atoms with van der Waals surface area (Å²) >= 11 is 1.40. The highest BCUT2D eigenvalue weighted by Gasteiger charge is 2.17. The molecule has 0 unspecified atom stereocenters. The van der Waals surface area contributed by atoms with Crippen molar-refractivity contribution in [3.05, 3.63) is 105 Å². The van der Waals surface area contributed by atoms with E-state index in [1.165, 1.54) is 11.8 Å². The summed E-state index contributed by atoms with van der Waals surface area (Å²) < 4.78 is 3.25. The van der Waals surface area contributed by atoms with Crippen LogP contribution in [0.2, 0.25) is 0 Å². The Morgan fingerprint density at radius 1 is 0.788 bits per heavy atom. The zero-order valence-corrected chi connectivity index (χ0v) is 19.2. The van der Waals surface area contributed by atoms with Crippen LogP contribution < -0.4 is 11.1 Å². The number of hydrogen-bond donors (Lipinski definition) is 0. The largest absolute Gasteiger partial charge is 0.299 e. The highest BCUT2D eigenvalue weighted by molar-refractivity contribution is 7.98. The van der Waals surface area contributed by atoms with E-state index in [4.69, 9.17) is 9.97 Å². The van der Waals surface area contributed by atoms with Gasteiger partial charge in [-0.1, -0.05) is 61.2 Å². The lowest BCUT2D eigenvalue weighted by molar-refractivity contribution is 0.777. The minimum absolute atomic E-state index is 0.0867. The van der Waals surface area contributed by atoms with Crippen LogP contribution in [0.5, 0.6) is 0 Å². The molecule has 0 atom stereocenters. The lowest BCUT2D eigenvalue weighted by Crippen LogP contribution is -2.24. The molecule has 0 aliphatic heterocycles. The summed E-state index contributed by atoms with van der Waals surface area (Å²) in [6, 6.07) is 22.6. The van der Waals surface area contributed by atoms with Crippen molar-refractivity contribution in [3.63, 3.8) is 0 Å². The van der Waals surface area contributed by atoms with Gasteiger partial charge in [-0.15, -0.1) is 0 Å². The predicted molar refractivity (Wildman–Crippen MR) is 133 cm³/mol. The Morgan fingerprint density at radius 3 is 2.12 bits per heavy atom. The van der Waals surface area contributed by atoms with Gasteiger partial charge >= 0.3 is 0 Å². The number of hydrogen-bond acceptors (Lipinski definition) is 5. The van der Waals surface area contributed by atoms with Gasteiger partial charge in [0.1, 0.15) is 5.82 Å². The van der Waals surface area contributed by atoms with E-state index >= 15 is 0 Å². The van der Waals surface area contributed by atoms with Crippen molar-refractivity contribution in [3.8, 4) is 5.69 Å². The maximum atomic E-state index is 13.6. The molecule has 7 heteroatoms. The van der Waals surface area contributed by atoms with Gasteiger partial charge < -0.3 is 0 Å². The molecule has 0 bridgehead atoms. The molecule has 0 spiro atoms. The molecule has 6 nitrogen and oxygen atoms in total. The Kier molecular flexibility index (Phi) is 5.56. The van der Waals surface area contributed by atoms with Crippen molar-refractivity contribution in [2.45, 2.75) is 24.3 Å². The van der Waals surface area contributed by atoms with Crippen molar-refractivity contribution in [2.75, 3.05) is 0 Å². The molecule has 0 aliphatic carbocycles. The summed E-state index contributed by atoms with van der Waals surface area (Å²) in [4.78, 5) is 35.9. The second kappa shape index (κ2) is 8.67. The first-order valence-electron chi connectivity index (χ1n) is 10.8. The van der Waals surface area contributed by atoms with Crippen LogP contribution in [0.25, 0.3) is 27.5 Å². The highest BCUT2D eigenvalue weighted by atomic mass is 32.2. The van der Waals surface area contributed by atoms with Crippen LogP contribution in [0.1, 0.15) is 18.3 Å². The zero-order valence-electron chi connectivity index (χ0n) is 18.4. The topological polar surface area (TPSA) is 69.8 Å². The number of rotatable bonds is 5. The fourth-order valence-electron chi connectivity index (χ4n) is 3.97. The van der Waals surface area contributed by atoms with Gasteiger partial charge in [0, 0.05) is 7.05 Å². The Balaban J connectivity index is 1.66. The summed E-state index contributed by atoms with van der Waals surface area (Å²) in [5.74, 6) is 1.02. The van der Waals surface area contributed by atoms with Gasteiger partial charge in [-0.05, 0) is 42.3 Å². The second-order valence-electron chi connectivity index (χ2n) is 7.73. The molecule has 5 rings (SSSR count). The number of aromatic nitrogens is 4. The van der Waals surface area contributed by atoms with Gasteiger partial charge in [0.25, 0.3) is 11.1 Å². The first kappa shape index (κ1) is 21.2. The molecule has 0 aliphatic rings. The molecule has 33 heavy (non-hydrogen) atoms. The Morgan fingerprint density at radius 2 is 1.39 bits per heavy atom. The predicted octanol–water partition coefficient (Wildman–Crippen LogP) is 4.49. The quantitative estimate of drug-likeness (QED) is 0.289. The van der Waals surface area contributed by atoms with Crippen LogP contribution in [0, 0.1) is 0 Å². The van der Waals surface area contributed by atoms with Gasteiger partial charge in [0.15, 0.2) is 5.16 Å². The van der Waals surface area contributed by atoms with Crippen LogP contribution in [0.15, 0.2) is 87.5 Å². The number of nitrogens with zero attached hydrogens (tertiary/aromatic N) is 4. The van der Waals surface area contributed by atoms with Crippen molar-refractivity contribution in [2.24, 2.45) is 7.05 Å². The van der Waals surface area contributed by atoms with Crippen LogP contribution in [0.3, 0.4) is 0 Å². The molecule has 0 N–H and O–H groups in total. The smallest absolute Gasteiger partial charge is 0.266 e. The molecule has 5 aromatic rings. The molecule has 0 radical (unpaired) electrons. The first-order valence-corrected chi connectivity index (χ1v) is 11.7. The number of aryl methyl sites for hydroxylation is 1. The number of para-hydroxylation sites is 3. The monoisotopic (exact) mass is 454 g/mol. The Labute approximate surface area is 194 Å². The standard InChI is InChI=1S/C26H22N4O2S/c1-3-17-10-4-9-15-22(17)30-25(32)19-12-6-8-14-21(19)28-26(30)33-16-23-27-20-13-7-5-11-18(20)24(31)29(23)2/h4-15H,3,16H2,1-2H3. The molecule has 3 aromatic carbocycles. The summed E-state index contributed by atoms with van der Waals surface area (Å²) in [5, 5.41) is 1.73. The normalized spacial score (nSPS) is 11.3. The van der Waals surface area contributed by atoms with Crippen LogP contribution in [0.4, 0.5) is 0 Å². The average Bonchev–Trinajstić information content (AvgIpc) is 2.85. The molecule has 0 amide bonds. The lowest BCUT2D eigenvalue weighted by atomic mass is 10.1. The summed E-state index contributed by atoms with van der Waals surface area (Å²) in [6.45, 7) is 2.07. The van der Waals surface area contributed by atoms with Crippen LogP contribution >= 0.6 is 11.8 Å². The fraction of sp³-hybridized carbons (Fsp3) is 0.154. The van der Waals surface area contributed by atoms with E-state index in [-0.39, 0.29) is 11.1 Å². The van der Waals surface area contributed by atoms with Crippen LogP contribution in [-0.4, -0.2) is 19.1 Å². The average molecular weight is 455 g/mol. The second-order valence-corrected chi connectivity index (χ2v) is 8.67. The minimum atomic E-state index is -0.107. The molecule has 0 saturated carbocycles. The third-order valence-electron chi connectivity index (χ3n) is 5.76. The third kappa shape index (κ3) is 3.74. The van der Waals surface area contributed by atoms with Gasteiger partial charge in [0.05, 0.1) is 33.2 Å². The van der Waals surface area contributed by atoms with E-state index in [0.717, 1.165) is 17.7 Å². The van der Waals surface area contributed by atoms with Crippen molar-refractivity contribution < 1.29 is 0 Å². The lowest BCUT2D eigenvalue weighted by Gasteiger charge is -2.16. The van der Waals surface area contributed by atoms with Gasteiger partial charge in [-0.2, -0.15) is 0 Å². The maximum Gasteiger partial charge on any atom is 0.266 e. The number of fused-ring (bicyclic) bond motifs is 2. The summed E-state index contributed by atoms with van der Waals surface area (Å²) in [5.41, 5.74) is 3.01. The van der Waals surface area contributed by atoms with Gasteiger partial charge in [0.2, 0.25) is 0 Å². The van der Waals surface area contributed by atoms with Gasteiger partial charge in [-0.25, -0.2) is 9.97 Å². The van der Waals surface area contributed by atoms with E-state index in [1.807, 2.05) is 60.7 Å². The maximum absolute atomic E-state index is 13.6. The minimum Gasteiger partial charge on any atom is -0.299 e. The van der Waals surface area contributed by atoms with E-state index in [0.29, 0.717) is 38.5 Å². The van der Waals surface area contributed by atoms with Crippen LogP contribution in [-0.2, 0) is 19.2 Å². The van der Waals surface area contributed by atoms with Gasteiger partial charge in [-0.3, -0.25) is 18.7 Å². The molecule has 164 valence electrons. The van der Waals surface area contributed by atoms with Crippen molar-refractivity contribution in [1.82, 2.24) is 19.1 Å². The Bertz CT molecular complexity index is 1620. The van der Waals surface area contributed by atoms with E-state index in [9.17, 15) is 9.59 Å².